The summed E-state index contributed by atoms with van der Waals surface area (Å²) in [6, 6.07) is 0. The van der Waals surface area contributed by atoms with Crippen molar-refractivity contribution in [2.45, 2.75) is 0 Å². The number of alkyl halides is 1. The molecule has 2 rings (SSSR count). The maximum Gasteiger partial charge on any atom is 0.341 e. The van der Waals surface area contributed by atoms with Crippen LogP contribution in [0.15, 0.2) is 11.0 Å². The highest BCUT2D eigenvalue weighted by Crippen LogP contribution is 2.21. The van der Waals surface area contributed by atoms with E-state index in [4.69, 9.17) is 9.84 Å². The number of halogens is 1. The zero-order valence-corrected chi connectivity index (χ0v) is 11.7. The summed E-state index contributed by atoms with van der Waals surface area (Å²) >= 11 is 0. The van der Waals surface area contributed by atoms with E-state index in [1.807, 2.05) is 0 Å². The SMILES string of the molecule is COCCN1CN(CF)n2cc(C(=O)O)c(=O)c(O)c2C1=O. The Morgan fingerprint density at radius 1 is 1.45 bits per heavy atom. The van der Waals surface area contributed by atoms with Gasteiger partial charge in [-0.25, -0.2) is 9.18 Å². The molecule has 0 aromatic carbocycles. The number of rotatable bonds is 5. The number of fused-ring (bicyclic) bond motifs is 1. The van der Waals surface area contributed by atoms with E-state index in [1.165, 1.54) is 12.0 Å². The Kier molecular flexibility index (Phi) is 4.31. The van der Waals surface area contributed by atoms with Crippen molar-refractivity contribution < 1.29 is 28.9 Å². The van der Waals surface area contributed by atoms with E-state index in [-0.39, 0.29) is 19.8 Å². The van der Waals surface area contributed by atoms with Crippen LogP contribution in [0.4, 0.5) is 4.39 Å². The highest BCUT2D eigenvalue weighted by Gasteiger charge is 2.34. The summed E-state index contributed by atoms with van der Waals surface area (Å²) in [6.07, 6.45) is 0.824. The first-order chi connectivity index (χ1) is 10.4. The van der Waals surface area contributed by atoms with Crippen molar-refractivity contribution in [3.8, 4) is 5.75 Å². The van der Waals surface area contributed by atoms with Gasteiger partial charge in [0.2, 0.25) is 5.43 Å². The fourth-order valence-corrected chi connectivity index (χ4v) is 2.11. The molecule has 1 aliphatic heterocycles. The average molecular weight is 315 g/mol. The molecule has 1 amide bonds. The molecular weight excluding hydrogens is 301 g/mol. The van der Waals surface area contributed by atoms with E-state index in [9.17, 15) is 23.9 Å². The second-order valence-corrected chi connectivity index (χ2v) is 4.55. The molecule has 0 bridgehead atoms. The van der Waals surface area contributed by atoms with Crippen LogP contribution in [0.25, 0.3) is 0 Å². The van der Waals surface area contributed by atoms with Crippen LogP contribution in [0.3, 0.4) is 0 Å². The highest BCUT2D eigenvalue weighted by atomic mass is 19.1. The van der Waals surface area contributed by atoms with Crippen LogP contribution in [-0.4, -0.2) is 65.4 Å². The van der Waals surface area contributed by atoms with Crippen molar-refractivity contribution in [3.63, 3.8) is 0 Å². The normalized spacial score (nSPS) is 14.2. The standard InChI is InChI=1S/C12H14FN3O6/c1-22-3-2-14-6-15(5-13)16-4-7(12(20)21)9(17)10(18)8(16)11(14)19/h4,18H,2-3,5-6H2,1H3,(H,20,21). The molecule has 0 radical (unpaired) electrons. The van der Waals surface area contributed by atoms with E-state index < -0.39 is 41.1 Å². The molecule has 9 nitrogen and oxygen atoms in total. The third-order valence-corrected chi connectivity index (χ3v) is 3.23. The van der Waals surface area contributed by atoms with Gasteiger partial charge >= 0.3 is 5.97 Å². The van der Waals surface area contributed by atoms with E-state index in [2.05, 4.69) is 0 Å². The first-order valence-corrected chi connectivity index (χ1v) is 6.23. The summed E-state index contributed by atoms with van der Waals surface area (Å²) in [6.45, 7) is -0.914. The summed E-state index contributed by atoms with van der Waals surface area (Å²) in [5, 5.41) is 19.8. The van der Waals surface area contributed by atoms with E-state index in [0.717, 1.165) is 15.9 Å². The molecule has 0 saturated heterocycles. The molecule has 0 unspecified atom stereocenters. The number of carbonyl (C=O) groups is 2. The van der Waals surface area contributed by atoms with E-state index >= 15 is 0 Å². The summed E-state index contributed by atoms with van der Waals surface area (Å²) in [7, 11) is 1.43. The fraction of sp³-hybridized carbons (Fsp3) is 0.417. The minimum absolute atomic E-state index is 0.125. The quantitative estimate of drug-likeness (QED) is 0.682. The lowest BCUT2D eigenvalue weighted by Gasteiger charge is -2.37. The Balaban J connectivity index is 2.59. The smallest absolute Gasteiger partial charge is 0.341 e. The molecule has 0 atom stereocenters. The zero-order chi connectivity index (χ0) is 16.4. The fourth-order valence-electron chi connectivity index (χ4n) is 2.11. The third-order valence-electron chi connectivity index (χ3n) is 3.23. The number of nitrogens with zero attached hydrogens (tertiary/aromatic N) is 3. The number of pyridine rings is 1. The maximum atomic E-state index is 13.2. The van der Waals surface area contributed by atoms with Crippen LogP contribution in [0.5, 0.6) is 5.75 Å². The number of ether oxygens (including phenoxy) is 1. The van der Waals surface area contributed by atoms with Crippen molar-refractivity contribution >= 4 is 11.9 Å². The monoisotopic (exact) mass is 315 g/mol. The first-order valence-electron chi connectivity index (χ1n) is 6.23. The van der Waals surface area contributed by atoms with Crippen molar-refractivity contribution in [3.05, 3.63) is 27.7 Å². The van der Waals surface area contributed by atoms with Crippen LogP contribution >= 0.6 is 0 Å². The van der Waals surface area contributed by atoms with Crippen molar-refractivity contribution in [1.29, 1.82) is 0 Å². The Hall–Kier alpha value is -2.62. The minimum Gasteiger partial charge on any atom is -0.502 e. The number of carboxylic acids is 1. The molecule has 0 saturated carbocycles. The Bertz CT molecular complexity index is 674. The zero-order valence-electron chi connectivity index (χ0n) is 11.7. The van der Waals surface area contributed by atoms with E-state index in [1.54, 1.807) is 0 Å². The van der Waals surface area contributed by atoms with Crippen molar-refractivity contribution in [2.75, 3.05) is 38.7 Å². The number of hydrogen-bond acceptors (Lipinski definition) is 6. The van der Waals surface area contributed by atoms with Gasteiger partial charge in [-0.3, -0.25) is 19.3 Å². The topological polar surface area (TPSA) is 112 Å². The summed E-state index contributed by atoms with van der Waals surface area (Å²) in [5.41, 5.74) is -2.42. The molecule has 2 heterocycles. The summed E-state index contributed by atoms with van der Waals surface area (Å²) in [4.78, 5) is 36.3. The van der Waals surface area contributed by atoms with Gasteiger partial charge in [0.15, 0.2) is 18.2 Å². The third kappa shape index (κ3) is 2.48. The number of methoxy groups -OCH3 is 1. The molecule has 22 heavy (non-hydrogen) atoms. The molecular formula is C12H14FN3O6. The second kappa shape index (κ2) is 6.02. The number of aromatic hydroxyl groups is 1. The first kappa shape index (κ1) is 15.8. The van der Waals surface area contributed by atoms with Crippen LogP contribution in [0, 0.1) is 0 Å². The van der Waals surface area contributed by atoms with E-state index in [0.29, 0.717) is 0 Å². The van der Waals surface area contributed by atoms with Gasteiger partial charge in [0.05, 0.1) is 6.61 Å². The van der Waals surface area contributed by atoms with Gasteiger partial charge in [0.25, 0.3) is 5.91 Å². The number of aromatic carboxylic acids is 1. The van der Waals surface area contributed by atoms with Gasteiger partial charge in [-0.2, -0.15) is 0 Å². The van der Waals surface area contributed by atoms with Crippen LogP contribution in [0.1, 0.15) is 20.8 Å². The highest BCUT2D eigenvalue weighted by molar-refractivity contribution is 5.97. The number of aromatic nitrogens is 1. The second-order valence-electron chi connectivity index (χ2n) is 4.55. The summed E-state index contributed by atoms with van der Waals surface area (Å²) < 4.78 is 18.9. The van der Waals surface area contributed by atoms with Gasteiger partial charge in [-0.05, 0) is 0 Å². The largest absolute Gasteiger partial charge is 0.502 e. The molecule has 0 aliphatic carbocycles. The maximum absolute atomic E-state index is 13.2. The van der Waals surface area contributed by atoms with Gasteiger partial charge < -0.3 is 19.8 Å². The molecule has 2 N–H and O–H groups in total. The molecule has 0 fully saturated rings. The predicted molar refractivity (Wildman–Crippen MR) is 71.3 cm³/mol. The van der Waals surface area contributed by atoms with Gasteiger partial charge in [-0.1, -0.05) is 0 Å². The Morgan fingerprint density at radius 2 is 2.14 bits per heavy atom. The van der Waals surface area contributed by atoms with Crippen LogP contribution < -0.4 is 10.4 Å². The predicted octanol–water partition coefficient (Wildman–Crippen LogP) is -0.823. The number of amides is 1. The lowest BCUT2D eigenvalue weighted by molar-refractivity contribution is 0.0603. The van der Waals surface area contributed by atoms with Crippen molar-refractivity contribution in [1.82, 2.24) is 9.58 Å². The van der Waals surface area contributed by atoms with Crippen molar-refractivity contribution in [2.24, 2.45) is 0 Å². The number of carbonyl (C=O) groups excluding carboxylic acids is 1. The summed E-state index contributed by atoms with van der Waals surface area (Å²) in [5.74, 6) is -3.32. The minimum atomic E-state index is -1.58. The lowest BCUT2D eigenvalue weighted by atomic mass is 10.2. The molecule has 1 aliphatic rings. The van der Waals surface area contributed by atoms with Gasteiger partial charge in [0, 0.05) is 19.9 Å². The van der Waals surface area contributed by atoms with Gasteiger partial charge in [0.1, 0.15) is 12.2 Å². The molecule has 10 heteroatoms. The molecule has 1 aromatic rings. The Morgan fingerprint density at radius 3 is 2.68 bits per heavy atom. The average Bonchev–Trinajstić information content (AvgIpc) is 2.49. The van der Waals surface area contributed by atoms with Gasteiger partial charge in [-0.15, -0.1) is 0 Å². The Labute approximate surface area is 123 Å². The van der Waals surface area contributed by atoms with Crippen LogP contribution in [0.2, 0.25) is 0 Å². The number of hydrogen-bond donors (Lipinski definition) is 2. The number of carboxylic acid groups (broad SMARTS) is 1. The molecule has 1 aromatic heterocycles. The van der Waals surface area contributed by atoms with Crippen LogP contribution in [-0.2, 0) is 4.74 Å². The molecule has 0 spiro atoms. The lowest BCUT2D eigenvalue weighted by Crippen LogP contribution is -2.54. The molecule has 120 valence electrons.